The van der Waals surface area contributed by atoms with Crippen molar-refractivity contribution in [2.24, 2.45) is 5.11 Å². The molecule has 0 bridgehead atoms. The Labute approximate surface area is 89.3 Å². The molecule has 1 rings (SSSR count). The minimum atomic E-state index is -0.402. The molecule has 0 fully saturated rings. The van der Waals surface area contributed by atoms with Gasteiger partial charge in [0.05, 0.1) is 11.6 Å². The van der Waals surface area contributed by atoms with Crippen LogP contribution in [0.4, 0.5) is 0 Å². The first-order valence-electron chi connectivity index (χ1n) is 3.51. The van der Waals surface area contributed by atoms with E-state index in [1.165, 1.54) is 12.1 Å². The van der Waals surface area contributed by atoms with Crippen LogP contribution in [-0.2, 0) is 0 Å². The summed E-state index contributed by atoms with van der Waals surface area (Å²) in [4.78, 5) is 17.4. The van der Waals surface area contributed by atoms with E-state index in [9.17, 15) is 4.79 Å². The van der Waals surface area contributed by atoms with Gasteiger partial charge in [0.15, 0.2) is 5.78 Å². The molecule has 0 saturated heterocycles. The average molecular weight is 231 g/mol. The summed E-state index contributed by atoms with van der Waals surface area (Å²) in [5.74, 6) is -0.402. The van der Waals surface area contributed by atoms with Gasteiger partial charge in [0.1, 0.15) is 10.8 Å². The molecular weight excluding hydrogens is 227 g/mol. The SMILES string of the molecule is [N-]=[N+]=NCC(=O)c1ccc(Cl)c(Cl)n1. The third kappa shape index (κ3) is 2.60. The summed E-state index contributed by atoms with van der Waals surface area (Å²) in [6, 6.07) is 2.88. The molecule has 72 valence electrons. The number of nitrogens with zero attached hydrogens (tertiary/aromatic N) is 4. The van der Waals surface area contributed by atoms with Crippen molar-refractivity contribution in [3.8, 4) is 0 Å². The van der Waals surface area contributed by atoms with E-state index in [1.807, 2.05) is 0 Å². The van der Waals surface area contributed by atoms with Gasteiger partial charge in [0.2, 0.25) is 0 Å². The number of rotatable bonds is 3. The lowest BCUT2D eigenvalue weighted by Gasteiger charge is -1.98. The highest BCUT2D eigenvalue weighted by atomic mass is 35.5. The maximum absolute atomic E-state index is 11.2. The highest BCUT2D eigenvalue weighted by Gasteiger charge is 2.08. The summed E-state index contributed by atoms with van der Waals surface area (Å²) in [7, 11) is 0. The van der Waals surface area contributed by atoms with Crippen LogP contribution in [0.3, 0.4) is 0 Å². The van der Waals surface area contributed by atoms with Crippen LogP contribution in [0, 0.1) is 0 Å². The summed E-state index contributed by atoms with van der Waals surface area (Å²) in [5, 5.41) is 3.44. The third-order valence-electron chi connectivity index (χ3n) is 1.37. The van der Waals surface area contributed by atoms with Gasteiger partial charge in [-0.05, 0) is 17.7 Å². The number of Topliss-reactive ketones (excluding diaryl/α,β-unsaturated/α-hetero) is 1. The summed E-state index contributed by atoms with van der Waals surface area (Å²) in [6.07, 6.45) is 0. The zero-order valence-corrected chi connectivity index (χ0v) is 8.33. The summed E-state index contributed by atoms with van der Waals surface area (Å²) in [6.45, 7) is -0.276. The van der Waals surface area contributed by atoms with Gasteiger partial charge in [-0.15, -0.1) is 0 Å². The van der Waals surface area contributed by atoms with Crippen LogP contribution in [0.25, 0.3) is 10.4 Å². The topological polar surface area (TPSA) is 78.7 Å². The largest absolute Gasteiger partial charge is 0.292 e. The van der Waals surface area contributed by atoms with Gasteiger partial charge in [0.25, 0.3) is 0 Å². The van der Waals surface area contributed by atoms with Crippen molar-refractivity contribution in [1.29, 1.82) is 0 Å². The Morgan fingerprint density at radius 1 is 1.57 bits per heavy atom. The highest BCUT2D eigenvalue weighted by Crippen LogP contribution is 2.19. The van der Waals surface area contributed by atoms with E-state index in [-0.39, 0.29) is 22.4 Å². The smallest absolute Gasteiger partial charge is 0.187 e. The van der Waals surface area contributed by atoms with Gasteiger partial charge < -0.3 is 0 Å². The standard InChI is InChI=1S/C7H4Cl2N4O/c8-4-1-2-5(12-7(4)9)6(14)3-11-13-10/h1-2H,3H2. The number of carbonyl (C=O) groups excluding carboxylic acids is 1. The number of ketones is 1. The quantitative estimate of drug-likeness (QED) is 0.263. The summed E-state index contributed by atoms with van der Waals surface area (Å²) in [5.41, 5.74) is 8.13. The molecule has 1 aromatic heterocycles. The Hall–Kier alpha value is -1.29. The number of pyridine rings is 1. The molecule has 0 N–H and O–H groups in total. The van der Waals surface area contributed by atoms with Crippen molar-refractivity contribution < 1.29 is 4.79 Å². The second-order valence-corrected chi connectivity index (χ2v) is 3.05. The lowest BCUT2D eigenvalue weighted by atomic mass is 10.2. The second-order valence-electron chi connectivity index (χ2n) is 2.28. The van der Waals surface area contributed by atoms with Gasteiger partial charge in [-0.3, -0.25) is 4.79 Å². The maximum atomic E-state index is 11.2. The number of aromatic nitrogens is 1. The van der Waals surface area contributed by atoms with Crippen LogP contribution in [-0.4, -0.2) is 17.3 Å². The lowest BCUT2D eigenvalue weighted by Crippen LogP contribution is -2.05. The normalized spacial score (nSPS) is 9.29. The minimum absolute atomic E-state index is 0.0541. The predicted molar refractivity (Wildman–Crippen MR) is 52.6 cm³/mol. The van der Waals surface area contributed by atoms with E-state index >= 15 is 0 Å². The van der Waals surface area contributed by atoms with Gasteiger partial charge in [-0.25, -0.2) is 4.98 Å². The molecule has 0 spiro atoms. The fraction of sp³-hybridized carbons (Fsp3) is 0.143. The fourth-order valence-corrected chi connectivity index (χ4v) is 1.01. The van der Waals surface area contributed by atoms with E-state index in [0.717, 1.165) is 0 Å². The molecule has 0 aliphatic heterocycles. The zero-order valence-electron chi connectivity index (χ0n) is 6.81. The molecule has 0 atom stereocenters. The van der Waals surface area contributed by atoms with Gasteiger partial charge >= 0.3 is 0 Å². The Bertz CT molecular complexity index is 414. The molecule has 5 nitrogen and oxygen atoms in total. The van der Waals surface area contributed by atoms with E-state index < -0.39 is 5.78 Å². The molecule has 7 heteroatoms. The molecule has 0 aliphatic rings. The molecule has 1 heterocycles. The van der Waals surface area contributed by atoms with E-state index in [2.05, 4.69) is 15.0 Å². The molecule has 0 saturated carbocycles. The predicted octanol–water partition coefficient (Wildman–Crippen LogP) is 2.88. The van der Waals surface area contributed by atoms with Crippen molar-refractivity contribution in [1.82, 2.24) is 4.98 Å². The number of hydrogen-bond acceptors (Lipinski definition) is 3. The van der Waals surface area contributed by atoms with E-state index in [4.69, 9.17) is 28.7 Å². The Balaban J connectivity index is 2.91. The molecular formula is C7H4Cl2N4O. The van der Waals surface area contributed by atoms with Crippen LogP contribution in [0.15, 0.2) is 17.2 Å². The van der Waals surface area contributed by atoms with Crippen LogP contribution < -0.4 is 0 Å². The number of azide groups is 1. The average Bonchev–Trinajstić information content (AvgIpc) is 2.18. The third-order valence-corrected chi connectivity index (χ3v) is 2.06. The molecule has 0 radical (unpaired) electrons. The monoisotopic (exact) mass is 230 g/mol. The first-order chi connectivity index (χ1) is 6.65. The van der Waals surface area contributed by atoms with Crippen LogP contribution in [0.5, 0.6) is 0 Å². The van der Waals surface area contributed by atoms with Crippen LogP contribution in [0.1, 0.15) is 10.5 Å². The zero-order chi connectivity index (χ0) is 10.6. The highest BCUT2D eigenvalue weighted by molar-refractivity contribution is 6.41. The molecule has 0 unspecified atom stereocenters. The first kappa shape index (κ1) is 10.8. The van der Waals surface area contributed by atoms with Crippen LogP contribution in [0.2, 0.25) is 10.2 Å². The fourth-order valence-electron chi connectivity index (χ4n) is 0.749. The van der Waals surface area contributed by atoms with Gasteiger partial charge in [-0.1, -0.05) is 28.3 Å². The maximum Gasteiger partial charge on any atom is 0.187 e. The van der Waals surface area contributed by atoms with E-state index in [1.54, 1.807) is 0 Å². The summed E-state index contributed by atoms with van der Waals surface area (Å²) >= 11 is 11.2. The number of carbonyl (C=O) groups is 1. The van der Waals surface area contributed by atoms with Crippen LogP contribution >= 0.6 is 23.2 Å². The molecule has 14 heavy (non-hydrogen) atoms. The Morgan fingerprint density at radius 3 is 2.86 bits per heavy atom. The van der Waals surface area contributed by atoms with Crippen molar-refractivity contribution >= 4 is 29.0 Å². The van der Waals surface area contributed by atoms with Crippen molar-refractivity contribution in [3.63, 3.8) is 0 Å². The number of hydrogen-bond donors (Lipinski definition) is 0. The minimum Gasteiger partial charge on any atom is -0.292 e. The molecule has 0 amide bonds. The van der Waals surface area contributed by atoms with E-state index in [0.29, 0.717) is 0 Å². The van der Waals surface area contributed by atoms with Gasteiger partial charge in [0, 0.05) is 4.91 Å². The second kappa shape index (κ2) is 4.81. The molecule has 1 aromatic rings. The molecule has 0 aliphatic carbocycles. The van der Waals surface area contributed by atoms with Crippen molar-refractivity contribution in [3.05, 3.63) is 38.4 Å². The Morgan fingerprint density at radius 2 is 2.29 bits per heavy atom. The Kier molecular flexibility index (Phi) is 3.71. The van der Waals surface area contributed by atoms with Crippen molar-refractivity contribution in [2.75, 3.05) is 6.54 Å². The molecule has 0 aromatic carbocycles. The summed E-state index contributed by atoms with van der Waals surface area (Å²) < 4.78 is 0. The first-order valence-corrected chi connectivity index (χ1v) is 4.27. The van der Waals surface area contributed by atoms with Crippen molar-refractivity contribution in [2.45, 2.75) is 0 Å². The van der Waals surface area contributed by atoms with Gasteiger partial charge in [-0.2, -0.15) is 0 Å². The lowest BCUT2D eigenvalue weighted by molar-refractivity contribution is 0.0997. The number of halogens is 2.